The SMILES string of the molecule is O=C(O)/C=C/c1nnc(-c2ccc(F)cc2Br)o1. The van der Waals surface area contributed by atoms with Gasteiger partial charge in [0.25, 0.3) is 0 Å². The van der Waals surface area contributed by atoms with E-state index < -0.39 is 11.8 Å². The number of nitrogens with zero attached hydrogens (tertiary/aromatic N) is 2. The number of carbonyl (C=O) groups is 1. The first-order chi connectivity index (χ1) is 8.56. The Morgan fingerprint density at radius 3 is 2.89 bits per heavy atom. The van der Waals surface area contributed by atoms with Crippen LogP contribution in [-0.2, 0) is 4.79 Å². The van der Waals surface area contributed by atoms with Crippen molar-refractivity contribution in [2.45, 2.75) is 0 Å². The Bertz CT molecular complexity index is 625. The van der Waals surface area contributed by atoms with Gasteiger partial charge in [0.1, 0.15) is 5.82 Å². The summed E-state index contributed by atoms with van der Waals surface area (Å²) in [4.78, 5) is 10.3. The minimum Gasteiger partial charge on any atom is -0.478 e. The standard InChI is InChI=1S/C11H6BrFN2O3/c12-8-5-6(13)1-2-7(8)11-15-14-9(18-11)3-4-10(16)17/h1-5H,(H,16,17)/b4-3+. The van der Waals surface area contributed by atoms with Gasteiger partial charge in [-0.3, -0.25) is 0 Å². The first kappa shape index (κ1) is 12.4. The number of aliphatic carboxylic acids is 1. The van der Waals surface area contributed by atoms with Gasteiger partial charge in [0.2, 0.25) is 11.8 Å². The van der Waals surface area contributed by atoms with E-state index in [2.05, 4.69) is 26.1 Å². The van der Waals surface area contributed by atoms with E-state index >= 15 is 0 Å². The number of hydrogen-bond donors (Lipinski definition) is 1. The molecule has 0 saturated carbocycles. The highest BCUT2D eigenvalue weighted by Gasteiger charge is 2.11. The van der Waals surface area contributed by atoms with E-state index in [0.717, 1.165) is 6.08 Å². The van der Waals surface area contributed by atoms with E-state index in [-0.39, 0.29) is 11.8 Å². The van der Waals surface area contributed by atoms with Crippen LogP contribution in [0, 0.1) is 5.82 Å². The lowest BCUT2D eigenvalue weighted by molar-refractivity contribution is -0.131. The molecule has 0 atom stereocenters. The second-order valence-electron chi connectivity index (χ2n) is 3.24. The molecule has 18 heavy (non-hydrogen) atoms. The molecule has 2 aromatic rings. The van der Waals surface area contributed by atoms with Crippen molar-refractivity contribution in [3.05, 3.63) is 40.5 Å². The van der Waals surface area contributed by atoms with Gasteiger partial charge in [0.15, 0.2) is 0 Å². The Labute approximate surface area is 109 Å². The molecule has 1 aromatic carbocycles. The highest BCUT2D eigenvalue weighted by atomic mass is 79.9. The van der Waals surface area contributed by atoms with Gasteiger partial charge < -0.3 is 9.52 Å². The van der Waals surface area contributed by atoms with Crippen molar-refractivity contribution in [1.29, 1.82) is 0 Å². The van der Waals surface area contributed by atoms with Crippen molar-refractivity contribution in [2.24, 2.45) is 0 Å². The Morgan fingerprint density at radius 2 is 2.22 bits per heavy atom. The summed E-state index contributed by atoms with van der Waals surface area (Å²) in [7, 11) is 0. The van der Waals surface area contributed by atoms with Gasteiger partial charge in [-0.05, 0) is 34.1 Å². The summed E-state index contributed by atoms with van der Waals surface area (Å²) < 4.78 is 18.6. The van der Waals surface area contributed by atoms with Crippen LogP contribution in [0.15, 0.2) is 33.2 Å². The Balaban J connectivity index is 2.32. The number of aromatic nitrogens is 2. The van der Waals surface area contributed by atoms with Crippen LogP contribution >= 0.6 is 15.9 Å². The molecule has 0 amide bonds. The zero-order valence-electron chi connectivity index (χ0n) is 8.80. The zero-order valence-corrected chi connectivity index (χ0v) is 10.4. The molecule has 0 unspecified atom stereocenters. The monoisotopic (exact) mass is 312 g/mol. The van der Waals surface area contributed by atoms with Crippen LogP contribution in [0.1, 0.15) is 5.89 Å². The molecule has 1 aromatic heterocycles. The third-order valence-electron chi connectivity index (χ3n) is 1.97. The lowest BCUT2D eigenvalue weighted by Gasteiger charge is -1.98. The fourth-order valence-corrected chi connectivity index (χ4v) is 1.74. The minimum absolute atomic E-state index is 0.0589. The average molecular weight is 313 g/mol. The fraction of sp³-hybridized carbons (Fsp3) is 0. The third-order valence-corrected chi connectivity index (χ3v) is 2.63. The van der Waals surface area contributed by atoms with Gasteiger partial charge in [0.05, 0.1) is 5.56 Å². The minimum atomic E-state index is -1.11. The topological polar surface area (TPSA) is 76.2 Å². The van der Waals surface area contributed by atoms with Crippen LogP contribution in [-0.4, -0.2) is 21.3 Å². The van der Waals surface area contributed by atoms with Crippen molar-refractivity contribution in [2.75, 3.05) is 0 Å². The molecule has 92 valence electrons. The molecule has 1 heterocycles. The van der Waals surface area contributed by atoms with E-state index in [1.54, 1.807) is 0 Å². The predicted molar refractivity (Wildman–Crippen MR) is 64.1 cm³/mol. The molecule has 7 heteroatoms. The summed E-state index contributed by atoms with van der Waals surface area (Å²) >= 11 is 3.18. The lowest BCUT2D eigenvalue weighted by atomic mass is 10.2. The number of benzene rings is 1. The summed E-state index contributed by atoms with van der Waals surface area (Å²) in [5, 5.41) is 15.8. The maximum Gasteiger partial charge on any atom is 0.328 e. The van der Waals surface area contributed by atoms with Crippen molar-refractivity contribution in [1.82, 2.24) is 10.2 Å². The van der Waals surface area contributed by atoms with Gasteiger partial charge >= 0.3 is 5.97 Å². The molecule has 0 aliphatic rings. The normalized spacial score (nSPS) is 11.0. The number of carboxylic acid groups (broad SMARTS) is 1. The number of halogens is 2. The van der Waals surface area contributed by atoms with E-state index in [1.165, 1.54) is 24.3 Å². The molecule has 0 aliphatic heterocycles. The summed E-state index contributed by atoms with van der Waals surface area (Å²) in [6.45, 7) is 0. The maximum absolute atomic E-state index is 12.9. The Morgan fingerprint density at radius 1 is 1.44 bits per heavy atom. The number of carboxylic acids is 1. The van der Waals surface area contributed by atoms with E-state index in [1.807, 2.05) is 0 Å². The Kier molecular flexibility index (Phi) is 3.52. The van der Waals surface area contributed by atoms with Crippen molar-refractivity contribution >= 4 is 28.0 Å². The van der Waals surface area contributed by atoms with Crippen LogP contribution in [0.3, 0.4) is 0 Å². The predicted octanol–water partition coefficient (Wildman–Crippen LogP) is 2.74. The Hall–Kier alpha value is -2.02. The third kappa shape index (κ3) is 2.80. The fourth-order valence-electron chi connectivity index (χ4n) is 1.22. The number of hydrogen-bond acceptors (Lipinski definition) is 4. The second-order valence-corrected chi connectivity index (χ2v) is 4.10. The van der Waals surface area contributed by atoms with E-state index in [0.29, 0.717) is 10.0 Å². The molecule has 2 rings (SSSR count). The van der Waals surface area contributed by atoms with Crippen LogP contribution in [0.5, 0.6) is 0 Å². The van der Waals surface area contributed by atoms with Crippen molar-refractivity contribution in [3.8, 4) is 11.5 Å². The molecule has 5 nitrogen and oxygen atoms in total. The average Bonchev–Trinajstić information content (AvgIpc) is 2.75. The molecular formula is C11H6BrFN2O3. The molecule has 0 spiro atoms. The lowest BCUT2D eigenvalue weighted by Crippen LogP contribution is -1.85. The van der Waals surface area contributed by atoms with E-state index in [4.69, 9.17) is 9.52 Å². The zero-order chi connectivity index (χ0) is 13.1. The summed E-state index contributed by atoms with van der Waals surface area (Å²) in [6, 6.07) is 4.01. The molecule has 0 bridgehead atoms. The maximum atomic E-state index is 12.9. The molecule has 0 fully saturated rings. The molecule has 0 saturated heterocycles. The second kappa shape index (κ2) is 5.09. The van der Waals surface area contributed by atoms with Crippen LogP contribution in [0.2, 0.25) is 0 Å². The molecular weight excluding hydrogens is 307 g/mol. The summed E-state index contributed by atoms with van der Waals surface area (Å²) in [5.74, 6) is -1.27. The quantitative estimate of drug-likeness (QED) is 0.882. The van der Waals surface area contributed by atoms with Crippen molar-refractivity contribution in [3.63, 3.8) is 0 Å². The van der Waals surface area contributed by atoms with Crippen molar-refractivity contribution < 1.29 is 18.7 Å². The van der Waals surface area contributed by atoms with Gasteiger partial charge in [-0.1, -0.05) is 0 Å². The first-order valence-electron chi connectivity index (χ1n) is 4.76. The highest BCUT2D eigenvalue weighted by molar-refractivity contribution is 9.10. The van der Waals surface area contributed by atoms with Gasteiger partial charge in [-0.25, -0.2) is 9.18 Å². The van der Waals surface area contributed by atoms with Crippen LogP contribution < -0.4 is 0 Å². The molecule has 1 N–H and O–H groups in total. The highest BCUT2D eigenvalue weighted by Crippen LogP contribution is 2.27. The van der Waals surface area contributed by atoms with Gasteiger partial charge in [-0.2, -0.15) is 0 Å². The van der Waals surface area contributed by atoms with Gasteiger partial charge in [-0.15, -0.1) is 10.2 Å². The number of rotatable bonds is 3. The first-order valence-corrected chi connectivity index (χ1v) is 5.55. The van der Waals surface area contributed by atoms with Crippen LogP contribution in [0.4, 0.5) is 4.39 Å². The van der Waals surface area contributed by atoms with E-state index in [9.17, 15) is 9.18 Å². The van der Waals surface area contributed by atoms with Gasteiger partial charge in [0, 0.05) is 16.6 Å². The van der Waals surface area contributed by atoms with Crippen LogP contribution in [0.25, 0.3) is 17.5 Å². The smallest absolute Gasteiger partial charge is 0.328 e. The molecule has 0 aliphatic carbocycles. The summed E-state index contributed by atoms with van der Waals surface area (Å²) in [6.07, 6.45) is 2.06. The largest absolute Gasteiger partial charge is 0.478 e. The molecule has 0 radical (unpaired) electrons. The summed E-state index contributed by atoms with van der Waals surface area (Å²) in [5.41, 5.74) is 0.527.